The van der Waals surface area contributed by atoms with Gasteiger partial charge in [-0.25, -0.2) is 0 Å². The molecule has 0 spiro atoms. The van der Waals surface area contributed by atoms with E-state index in [2.05, 4.69) is 55.3 Å². The van der Waals surface area contributed by atoms with Gasteiger partial charge in [0.2, 0.25) is 5.13 Å². The Morgan fingerprint density at radius 1 is 1.16 bits per heavy atom. The molecule has 5 heteroatoms. The molecule has 2 aromatic heterocycles. The van der Waals surface area contributed by atoms with Gasteiger partial charge in [0.05, 0.1) is 6.04 Å². The average Bonchev–Trinajstić information content (AvgIpc) is 2.97. The molecule has 0 aliphatic heterocycles. The van der Waals surface area contributed by atoms with Gasteiger partial charge in [-0.05, 0) is 31.4 Å². The summed E-state index contributed by atoms with van der Waals surface area (Å²) in [5, 5.41) is 13.9. The van der Waals surface area contributed by atoms with E-state index in [-0.39, 0.29) is 0 Å². The molecule has 1 unspecified atom stereocenters. The second-order valence-electron chi connectivity index (χ2n) is 5.12. The van der Waals surface area contributed by atoms with Crippen molar-refractivity contribution in [2.45, 2.75) is 46.6 Å². The maximum Gasteiger partial charge on any atom is 0.206 e. The van der Waals surface area contributed by atoms with Crippen LogP contribution in [0.2, 0.25) is 0 Å². The highest BCUT2D eigenvalue weighted by atomic mass is 32.1. The highest BCUT2D eigenvalue weighted by Crippen LogP contribution is 2.28. The topological polar surface area (TPSA) is 37.8 Å². The van der Waals surface area contributed by atoms with Crippen LogP contribution in [0, 0.1) is 5.92 Å². The lowest BCUT2D eigenvalue weighted by Crippen LogP contribution is -2.04. The number of nitrogens with zero attached hydrogens (tertiary/aromatic N) is 2. The molecule has 0 bridgehead atoms. The van der Waals surface area contributed by atoms with Crippen molar-refractivity contribution < 1.29 is 0 Å². The van der Waals surface area contributed by atoms with Gasteiger partial charge in [-0.2, -0.15) is 0 Å². The molecule has 3 nitrogen and oxygen atoms in total. The van der Waals surface area contributed by atoms with E-state index in [0.717, 1.165) is 23.0 Å². The second-order valence-corrected chi connectivity index (χ2v) is 7.38. The summed E-state index contributed by atoms with van der Waals surface area (Å²) in [6.07, 6.45) is 2.11. The summed E-state index contributed by atoms with van der Waals surface area (Å²) in [7, 11) is 0. The summed E-state index contributed by atoms with van der Waals surface area (Å²) >= 11 is 3.54. The zero-order valence-electron chi connectivity index (χ0n) is 11.9. The number of anilines is 1. The maximum atomic E-state index is 4.23. The van der Waals surface area contributed by atoms with Crippen LogP contribution in [0.5, 0.6) is 0 Å². The van der Waals surface area contributed by atoms with E-state index in [9.17, 15) is 0 Å². The molecule has 0 amide bonds. The maximum absolute atomic E-state index is 4.23. The lowest BCUT2D eigenvalue weighted by atomic mass is 10.1. The average molecular weight is 295 g/mol. The highest BCUT2D eigenvalue weighted by molar-refractivity contribution is 7.15. The lowest BCUT2D eigenvalue weighted by molar-refractivity contribution is 0.640. The smallest absolute Gasteiger partial charge is 0.206 e. The Morgan fingerprint density at radius 2 is 1.95 bits per heavy atom. The summed E-state index contributed by atoms with van der Waals surface area (Å²) in [4.78, 5) is 2.79. The zero-order valence-corrected chi connectivity index (χ0v) is 13.6. The van der Waals surface area contributed by atoms with Gasteiger partial charge in [-0.1, -0.05) is 32.1 Å². The Bertz CT molecular complexity index is 516. The second kappa shape index (κ2) is 6.48. The van der Waals surface area contributed by atoms with Crippen molar-refractivity contribution in [3.8, 4) is 0 Å². The third-order valence-electron chi connectivity index (χ3n) is 2.85. The van der Waals surface area contributed by atoms with Gasteiger partial charge in [0.1, 0.15) is 5.01 Å². The molecule has 0 saturated heterocycles. The van der Waals surface area contributed by atoms with Crippen LogP contribution in [-0.2, 0) is 12.8 Å². The van der Waals surface area contributed by atoms with Crippen molar-refractivity contribution in [1.82, 2.24) is 10.2 Å². The third kappa shape index (κ3) is 4.01. The fraction of sp³-hybridized carbons (Fsp3) is 0.571. The van der Waals surface area contributed by atoms with Gasteiger partial charge in [0.25, 0.3) is 0 Å². The summed E-state index contributed by atoms with van der Waals surface area (Å²) in [5.74, 6) is 0.627. The standard InChI is InChI=1S/C14H21N3S2/c1-5-11-6-7-12(18-11)10(4)15-14-17-16-13(19-14)8-9(2)3/h6-7,9-10H,5,8H2,1-4H3,(H,15,17). The minimum absolute atomic E-state index is 0.296. The van der Waals surface area contributed by atoms with Gasteiger partial charge in [-0.3, -0.25) is 0 Å². The first-order valence-electron chi connectivity index (χ1n) is 6.76. The predicted molar refractivity (Wildman–Crippen MR) is 84.2 cm³/mol. The number of hydrogen-bond donors (Lipinski definition) is 1. The number of thiophene rings is 1. The summed E-state index contributed by atoms with van der Waals surface area (Å²) in [5.41, 5.74) is 0. The van der Waals surface area contributed by atoms with Gasteiger partial charge in [0, 0.05) is 16.2 Å². The molecule has 2 rings (SSSR count). The van der Waals surface area contributed by atoms with E-state index < -0.39 is 0 Å². The van der Waals surface area contributed by atoms with Gasteiger partial charge >= 0.3 is 0 Å². The Labute approximate surface area is 123 Å². The Morgan fingerprint density at radius 3 is 2.58 bits per heavy atom. The molecule has 2 heterocycles. The van der Waals surface area contributed by atoms with Crippen LogP contribution >= 0.6 is 22.7 Å². The molecule has 2 aromatic rings. The fourth-order valence-electron chi connectivity index (χ4n) is 1.82. The fourth-order valence-corrected chi connectivity index (χ4v) is 3.81. The predicted octanol–water partition coefficient (Wildman–Crippen LogP) is 4.53. The monoisotopic (exact) mass is 295 g/mol. The molecule has 1 N–H and O–H groups in total. The van der Waals surface area contributed by atoms with Crippen molar-refractivity contribution in [3.63, 3.8) is 0 Å². The number of aromatic nitrogens is 2. The molecule has 0 aromatic carbocycles. The molecule has 0 radical (unpaired) electrons. The van der Waals surface area contributed by atoms with Gasteiger partial charge in [0.15, 0.2) is 0 Å². The van der Waals surface area contributed by atoms with Crippen molar-refractivity contribution >= 4 is 27.8 Å². The van der Waals surface area contributed by atoms with Crippen molar-refractivity contribution in [2.24, 2.45) is 5.92 Å². The van der Waals surface area contributed by atoms with Crippen LogP contribution in [0.25, 0.3) is 0 Å². The van der Waals surface area contributed by atoms with E-state index >= 15 is 0 Å². The first-order valence-corrected chi connectivity index (χ1v) is 8.39. The van der Waals surface area contributed by atoms with Crippen LogP contribution in [0.15, 0.2) is 12.1 Å². The highest BCUT2D eigenvalue weighted by Gasteiger charge is 2.12. The Kier molecular flexibility index (Phi) is 4.93. The molecule has 0 saturated carbocycles. The van der Waals surface area contributed by atoms with Crippen LogP contribution in [0.1, 0.15) is 48.5 Å². The molecular formula is C14H21N3S2. The van der Waals surface area contributed by atoms with Gasteiger partial charge < -0.3 is 5.32 Å². The minimum Gasteiger partial charge on any atom is -0.353 e. The molecule has 19 heavy (non-hydrogen) atoms. The normalized spacial score (nSPS) is 12.9. The summed E-state index contributed by atoms with van der Waals surface area (Å²) in [6.45, 7) is 8.77. The SMILES string of the molecule is CCc1ccc(C(C)Nc2nnc(CC(C)C)s2)s1. The number of rotatable bonds is 6. The zero-order chi connectivity index (χ0) is 13.8. The van der Waals surface area contributed by atoms with Crippen molar-refractivity contribution in [3.05, 3.63) is 26.9 Å². The van der Waals surface area contributed by atoms with Crippen LogP contribution in [0.3, 0.4) is 0 Å². The third-order valence-corrected chi connectivity index (χ3v) is 5.14. The molecule has 1 atom stereocenters. The van der Waals surface area contributed by atoms with Crippen molar-refractivity contribution in [1.29, 1.82) is 0 Å². The largest absolute Gasteiger partial charge is 0.353 e. The molecule has 0 aliphatic rings. The number of hydrogen-bond acceptors (Lipinski definition) is 5. The summed E-state index contributed by atoms with van der Waals surface area (Å²) in [6, 6.07) is 4.71. The first kappa shape index (κ1) is 14.5. The van der Waals surface area contributed by atoms with E-state index in [1.807, 2.05) is 11.3 Å². The van der Waals surface area contributed by atoms with Crippen LogP contribution in [0.4, 0.5) is 5.13 Å². The van der Waals surface area contributed by atoms with Gasteiger partial charge in [-0.15, -0.1) is 21.5 Å². The first-order chi connectivity index (χ1) is 9.08. The van der Waals surface area contributed by atoms with Crippen molar-refractivity contribution in [2.75, 3.05) is 5.32 Å². The van der Waals surface area contributed by atoms with E-state index in [1.54, 1.807) is 11.3 Å². The number of aryl methyl sites for hydroxylation is 1. The van der Waals surface area contributed by atoms with Crippen LogP contribution < -0.4 is 5.32 Å². The lowest BCUT2D eigenvalue weighted by Gasteiger charge is -2.09. The molecule has 0 aliphatic carbocycles. The Balaban J connectivity index is 1.98. The van der Waals surface area contributed by atoms with E-state index in [1.165, 1.54) is 9.75 Å². The minimum atomic E-state index is 0.296. The van der Waals surface area contributed by atoms with Crippen LogP contribution in [-0.4, -0.2) is 10.2 Å². The molecule has 104 valence electrons. The number of nitrogens with one attached hydrogen (secondary N) is 1. The Hall–Kier alpha value is -0.940. The summed E-state index contributed by atoms with van der Waals surface area (Å²) < 4.78 is 0. The van der Waals surface area contributed by atoms with E-state index in [0.29, 0.717) is 12.0 Å². The molecule has 0 fully saturated rings. The van der Waals surface area contributed by atoms with E-state index in [4.69, 9.17) is 0 Å². The quantitative estimate of drug-likeness (QED) is 0.850. The molecular weight excluding hydrogens is 274 g/mol.